The Morgan fingerprint density at radius 3 is 2.41 bits per heavy atom. The summed E-state index contributed by atoms with van der Waals surface area (Å²) >= 11 is 0. The number of nitrogens with zero attached hydrogens (tertiary/aromatic N) is 2. The van der Waals surface area contributed by atoms with Crippen molar-refractivity contribution in [1.82, 2.24) is 15.1 Å². The van der Waals surface area contributed by atoms with Gasteiger partial charge in [-0.1, -0.05) is 0 Å². The topological polar surface area (TPSA) is 44.8 Å². The number of carbonyl (C=O) groups is 1. The Morgan fingerprint density at radius 1 is 1.24 bits per heavy atom. The maximum Gasteiger partial charge on any atom is 0.236 e. The molecule has 2 aliphatic rings. The lowest BCUT2D eigenvalue weighted by Crippen LogP contribution is -2.53. The molecular weight excluding hydrogens is 218 g/mol. The Kier molecular flexibility index (Phi) is 4.36. The van der Waals surface area contributed by atoms with E-state index in [9.17, 15) is 4.79 Å². The van der Waals surface area contributed by atoms with Crippen LogP contribution in [0.5, 0.6) is 0 Å². The lowest BCUT2D eigenvalue weighted by molar-refractivity contribution is -0.136. The van der Waals surface area contributed by atoms with Gasteiger partial charge in [0.05, 0.1) is 18.8 Å². The maximum atomic E-state index is 12.1. The highest BCUT2D eigenvalue weighted by Crippen LogP contribution is 2.10. The molecule has 2 rings (SSSR count). The molecule has 5 heteroatoms. The van der Waals surface area contributed by atoms with E-state index in [1.807, 2.05) is 4.90 Å². The third-order valence-corrected chi connectivity index (χ3v) is 3.32. The number of carbonyl (C=O) groups excluding carboxylic acids is 1. The van der Waals surface area contributed by atoms with Gasteiger partial charge < -0.3 is 15.0 Å². The molecule has 2 heterocycles. The SMILES string of the molecule is CC1CN(CC(=O)N2CCNCC2)CC(C)O1. The Balaban J connectivity index is 1.80. The van der Waals surface area contributed by atoms with Gasteiger partial charge in [0.25, 0.3) is 0 Å². The number of amides is 1. The van der Waals surface area contributed by atoms with Crippen LogP contribution in [0.4, 0.5) is 0 Å². The van der Waals surface area contributed by atoms with E-state index in [1.165, 1.54) is 0 Å². The normalized spacial score (nSPS) is 31.5. The lowest BCUT2D eigenvalue weighted by atomic mass is 10.2. The van der Waals surface area contributed by atoms with Gasteiger partial charge in [0.15, 0.2) is 0 Å². The van der Waals surface area contributed by atoms with Crippen LogP contribution in [0.25, 0.3) is 0 Å². The molecule has 2 aliphatic heterocycles. The minimum atomic E-state index is 0.231. The zero-order valence-corrected chi connectivity index (χ0v) is 10.8. The summed E-state index contributed by atoms with van der Waals surface area (Å²) in [5.74, 6) is 0.257. The molecule has 0 aliphatic carbocycles. The number of piperazine rings is 1. The first-order valence-electron chi connectivity index (χ1n) is 6.51. The molecule has 1 N–H and O–H groups in total. The molecule has 98 valence electrons. The molecule has 2 fully saturated rings. The van der Waals surface area contributed by atoms with E-state index >= 15 is 0 Å². The molecule has 17 heavy (non-hydrogen) atoms. The summed E-state index contributed by atoms with van der Waals surface area (Å²) in [5, 5.41) is 3.26. The number of hydrogen-bond donors (Lipinski definition) is 1. The number of nitrogens with one attached hydrogen (secondary N) is 1. The van der Waals surface area contributed by atoms with Crippen molar-refractivity contribution in [3.63, 3.8) is 0 Å². The standard InChI is InChI=1S/C12H23N3O2/c1-10-7-14(8-11(2)17-10)9-12(16)15-5-3-13-4-6-15/h10-11,13H,3-9H2,1-2H3. The fourth-order valence-electron chi connectivity index (χ4n) is 2.62. The van der Waals surface area contributed by atoms with E-state index in [0.717, 1.165) is 39.3 Å². The minimum absolute atomic E-state index is 0.231. The van der Waals surface area contributed by atoms with E-state index in [0.29, 0.717) is 6.54 Å². The monoisotopic (exact) mass is 241 g/mol. The van der Waals surface area contributed by atoms with Crippen LogP contribution in [0.1, 0.15) is 13.8 Å². The molecule has 0 saturated carbocycles. The second-order valence-electron chi connectivity index (χ2n) is 5.08. The molecule has 0 aromatic rings. The van der Waals surface area contributed by atoms with E-state index in [1.54, 1.807) is 0 Å². The van der Waals surface area contributed by atoms with Crippen LogP contribution in [0.15, 0.2) is 0 Å². The van der Waals surface area contributed by atoms with Crippen molar-refractivity contribution in [1.29, 1.82) is 0 Å². The highest BCUT2D eigenvalue weighted by Gasteiger charge is 2.25. The largest absolute Gasteiger partial charge is 0.373 e. The van der Waals surface area contributed by atoms with Gasteiger partial charge in [-0.2, -0.15) is 0 Å². The zero-order chi connectivity index (χ0) is 12.3. The van der Waals surface area contributed by atoms with Crippen LogP contribution in [0, 0.1) is 0 Å². The van der Waals surface area contributed by atoms with Gasteiger partial charge in [0.1, 0.15) is 0 Å². The van der Waals surface area contributed by atoms with Crippen LogP contribution in [-0.2, 0) is 9.53 Å². The first-order chi connectivity index (χ1) is 8.15. The van der Waals surface area contributed by atoms with Crippen molar-refractivity contribution in [3.8, 4) is 0 Å². The molecule has 2 atom stereocenters. The number of hydrogen-bond acceptors (Lipinski definition) is 4. The lowest BCUT2D eigenvalue weighted by Gasteiger charge is -2.36. The van der Waals surface area contributed by atoms with Gasteiger partial charge in [0.2, 0.25) is 5.91 Å². The van der Waals surface area contributed by atoms with Gasteiger partial charge in [-0.25, -0.2) is 0 Å². The van der Waals surface area contributed by atoms with Gasteiger partial charge in [-0.15, -0.1) is 0 Å². The molecule has 2 saturated heterocycles. The van der Waals surface area contributed by atoms with Crippen molar-refractivity contribution in [2.45, 2.75) is 26.1 Å². The quantitative estimate of drug-likeness (QED) is 0.710. The molecule has 1 amide bonds. The Bertz CT molecular complexity index is 256. The van der Waals surface area contributed by atoms with Gasteiger partial charge in [-0.05, 0) is 13.8 Å². The van der Waals surface area contributed by atoms with Crippen LogP contribution < -0.4 is 5.32 Å². The van der Waals surface area contributed by atoms with Gasteiger partial charge in [0, 0.05) is 39.3 Å². The molecule has 0 bridgehead atoms. The summed E-state index contributed by atoms with van der Waals surface area (Å²) in [6.45, 7) is 9.92. The fraction of sp³-hybridized carbons (Fsp3) is 0.917. The predicted molar refractivity (Wildman–Crippen MR) is 65.9 cm³/mol. The van der Waals surface area contributed by atoms with E-state index in [4.69, 9.17) is 4.74 Å². The highest BCUT2D eigenvalue weighted by molar-refractivity contribution is 5.78. The summed E-state index contributed by atoms with van der Waals surface area (Å²) in [6.07, 6.45) is 0.462. The molecule has 0 radical (unpaired) electrons. The zero-order valence-electron chi connectivity index (χ0n) is 10.8. The van der Waals surface area contributed by atoms with E-state index in [2.05, 4.69) is 24.1 Å². The van der Waals surface area contributed by atoms with Gasteiger partial charge in [-0.3, -0.25) is 9.69 Å². The van der Waals surface area contributed by atoms with Gasteiger partial charge >= 0.3 is 0 Å². The number of ether oxygens (including phenoxy) is 1. The molecule has 0 aromatic carbocycles. The van der Waals surface area contributed by atoms with Crippen molar-refractivity contribution in [2.75, 3.05) is 45.8 Å². The molecule has 5 nitrogen and oxygen atoms in total. The summed E-state index contributed by atoms with van der Waals surface area (Å²) in [5.41, 5.74) is 0. The average molecular weight is 241 g/mol. The predicted octanol–water partition coefficient (Wildman–Crippen LogP) is -0.473. The number of rotatable bonds is 2. The minimum Gasteiger partial charge on any atom is -0.373 e. The summed E-state index contributed by atoms with van der Waals surface area (Å²) in [7, 11) is 0. The van der Waals surface area contributed by atoms with Crippen LogP contribution in [0.2, 0.25) is 0 Å². The third-order valence-electron chi connectivity index (χ3n) is 3.32. The van der Waals surface area contributed by atoms with E-state index in [-0.39, 0.29) is 18.1 Å². The van der Waals surface area contributed by atoms with Crippen molar-refractivity contribution in [3.05, 3.63) is 0 Å². The number of morpholine rings is 1. The van der Waals surface area contributed by atoms with E-state index < -0.39 is 0 Å². The smallest absolute Gasteiger partial charge is 0.236 e. The van der Waals surface area contributed by atoms with Crippen LogP contribution in [0.3, 0.4) is 0 Å². The second kappa shape index (κ2) is 5.80. The summed E-state index contributed by atoms with van der Waals surface area (Å²) < 4.78 is 5.67. The molecular formula is C12H23N3O2. The Morgan fingerprint density at radius 2 is 1.82 bits per heavy atom. The molecule has 2 unspecified atom stereocenters. The maximum absolute atomic E-state index is 12.1. The third kappa shape index (κ3) is 3.66. The van der Waals surface area contributed by atoms with Crippen LogP contribution in [-0.4, -0.2) is 73.7 Å². The van der Waals surface area contributed by atoms with Crippen LogP contribution >= 0.6 is 0 Å². The first-order valence-corrected chi connectivity index (χ1v) is 6.51. The first kappa shape index (κ1) is 12.8. The highest BCUT2D eigenvalue weighted by atomic mass is 16.5. The molecule has 0 spiro atoms. The summed E-state index contributed by atoms with van der Waals surface area (Å²) in [4.78, 5) is 16.3. The average Bonchev–Trinajstić information content (AvgIpc) is 2.28. The van der Waals surface area contributed by atoms with Crippen molar-refractivity contribution >= 4 is 5.91 Å². The fourth-order valence-corrected chi connectivity index (χ4v) is 2.62. The second-order valence-corrected chi connectivity index (χ2v) is 5.08. The van der Waals surface area contributed by atoms with Crippen molar-refractivity contribution in [2.24, 2.45) is 0 Å². The molecule has 0 aromatic heterocycles. The Labute approximate surface area is 103 Å². The summed E-state index contributed by atoms with van der Waals surface area (Å²) in [6, 6.07) is 0. The Hall–Kier alpha value is -0.650. The van der Waals surface area contributed by atoms with Crippen molar-refractivity contribution < 1.29 is 9.53 Å².